The first-order chi connectivity index (χ1) is 9.36. The molecule has 98 valence electrons. The number of imidazole rings is 1. The van der Waals surface area contributed by atoms with Crippen LogP contribution in [0.5, 0.6) is 0 Å². The maximum atomic E-state index is 4.43. The number of aromatic nitrogens is 3. The number of likely N-dealkylation sites (N-methyl/N-ethyl adjacent to an activating group) is 1. The second-order valence-corrected chi connectivity index (χ2v) is 5.48. The normalized spacial score (nSPS) is 12.9. The van der Waals surface area contributed by atoms with Crippen LogP contribution in [0.2, 0.25) is 0 Å². The van der Waals surface area contributed by atoms with Crippen molar-refractivity contribution in [3.63, 3.8) is 0 Å². The van der Waals surface area contributed by atoms with Gasteiger partial charge in [0.25, 0.3) is 0 Å². The fourth-order valence-corrected chi connectivity index (χ4v) is 2.91. The average Bonchev–Trinajstić information content (AvgIpc) is 3.08. The maximum absolute atomic E-state index is 4.43. The SMILES string of the molecule is CNC(Cc1nccs1)Cn1cnc2ccccc21. The Hall–Kier alpha value is -1.72. The molecule has 4 nitrogen and oxygen atoms in total. The minimum absolute atomic E-state index is 0.365. The van der Waals surface area contributed by atoms with E-state index in [4.69, 9.17) is 0 Å². The molecule has 2 aromatic heterocycles. The summed E-state index contributed by atoms with van der Waals surface area (Å²) < 4.78 is 2.20. The summed E-state index contributed by atoms with van der Waals surface area (Å²) in [5.41, 5.74) is 2.23. The summed E-state index contributed by atoms with van der Waals surface area (Å²) >= 11 is 1.71. The highest BCUT2D eigenvalue weighted by Gasteiger charge is 2.11. The van der Waals surface area contributed by atoms with Crippen LogP contribution < -0.4 is 5.32 Å². The molecular formula is C14H16N4S. The fourth-order valence-electron chi connectivity index (χ4n) is 2.22. The lowest BCUT2D eigenvalue weighted by Gasteiger charge is -2.16. The molecule has 1 unspecified atom stereocenters. The molecule has 0 saturated carbocycles. The number of rotatable bonds is 5. The molecule has 0 bridgehead atoms. The van der Waals surface area contributed by atoms with Crippen molar-refractivity contribution in [2.45, 2.75) is 19.0 Å². The number of nitrogens with one attached hydrogen (secondary N) is 1. The van der Waals surface area contributed by atoms with Crippen LogP contribution in [-0.2, 0) is 13.0 Å². The van der Waals surface area contributed by atoms with Gasteiger partial charge in [-0.2, -0.15) is 0 Å². The zero-order valence-corrected chi connectivity index (χ0v) is 11.6. The molecule has 1 atom stereocenters. The van der Waals surface area contributed by atoms with Crippen LogP contribution in [0.15, 0.2) is 42.2 Å². The lowest BCUT2D eigenvalue weighted by atomic mass is 10.2. The highest BCUT2D eigenvalue weighted by molar-refractivity contribution is 7.09. The van der Waals surface area contributed by atoms with E-state index in [9.17, 15) is 0 Å². The Balaban J connectivity index is 1.78. The van der Waals surface area contributed by atoms with E-state index in [1.165, 1.54) is 10.5 Å². The number of fused-ring (bicyclic) bond motifs is 1. The molecule has 1 N–H and O–H groups in total. The second kappa shape index (κ2) is 5.50. The van der Waals surface area contributed by atoms with Crippen LogP contribution in [0, 0.1) is 0 Å². The largest absolute Gasteiger partial charge is 0.329 e. The van der Waals surface area contributed by atoms with Crippen molar-refractivity contribution >= 4 is 22.4 Å². The number of nitrogens with zero attached hydrogens (tertiary/aromatic N) is 3. The van der Waals surface area contributed by atoms with Crippen LogP contribution in [0.25, 0.3) is 11.0 Å². The monoisotopic (exact) mass is 272 g/mol. The minimum Gasteiger partial charge on any atom is -0.329 e. The van der Waals surface area contributed by atoms with Gasteiger partial charge in [0.05, 0.1) is 22.4 Å². The van der Waals surface area contributed by atoms with Crippen molar-refractivity contribution in [2.24, 2.45) is 0 Å². The first-order valence-corrected chi connectivity index (χ1v) is 7.20. The summed E-state index contributed by atoms with van der Waals surface area (Å²) in [7, 11) is 2.00. The Morgan fingerprint density at radius 3 is 3.00 bits per heavy atom. The highest BCUT2D eigenvalue weighted by Crippen LogP contribution is 2.14. The van der Waals surface area contributed by atoms with Gasteiger partial charge < -0.3 is 9.88 Å². The van der Waals surface area contributed by atoms with E-state index in [-0.39, 0.29) is 0 Å². The molecular weight excluding hydrogens is 256 g/mol. The molecule has 0 aliphatic rings. The predicted octanol–water partition coefficient (Wildman–Crippen LogP) is 2.32. The third-order valence-corrected chi connectivity index (χ3v) is 4.06. The van der Waals surface area contributed by atoms with Gasteiger partial charge in [0, 0.05) is 30.6 Å². The standard InChI is InChI=1S/C14H16N4S/c1-15-11(8-14-16-6-7-19-14)9-18-10-17-12-4-2-3-5-13(12)18/h2-7,10-11,15H,8-9H2,1H3. The van der Waals surface area contributed by atoms with Gasteiger partial charge in [0.15, 0.2) is 0 Å². The van der Waals surface area contributed by atoms with Gasteiger partial charge >= 0.3 is 0 Å². The zero-order valence-electron chi connectivity index (χ0n) is 10.8. The lowest BCUT2D eigenvalue weighted by Crippen LogP contribution is -2.32. The maximum Gasteiger partial charge on any atom is 0.0958 e. The molecule has 1 aromatic carbocycles. The first kappa shape index (κ1) is 12.3. The zero-order chi connectivity index (χ0) is 13.1. The molecule has 0 radical (unpaired) electrons. The summed E-state index contributed by atoms with van der Waals surface area (Å²) in [6.07, 6.45) is 4.72. The van der Waals surface area contributed by atoms with Crippen molar-refractivity contribution in [2.75, 3.05) is 7.05 Å². The molecule has 0 spiro atoms. The second-order valence-electron chi connectivity index (χ2n) is 4.50. The molecule has 0 amide bonds. The molecule has 5 heteroatoms. The van der Waals surface area contributed by atoms with Crippen molar-refractivity contribution in [3.05, 3.63) is 47.2 Å². The molecule has 0 aliphatic heterocycles. The first-order valence-electron chi connectivity index (χ1n) is 6.32. The molecule has 2 heterocycles. The van der Waals surface area contributed by atoms with Gasteiger partial charge in [-0.05, 0) is 19.2 Å². The topological polar surface area (TPSA) is 42.7 Å². The van der Waals surface area contributed by atoms with Gasteiger partial charge in [0.2, 0.25) is 0 Å². The third kappa shape index (κ3) is 2.67. The number of benzene rings is 1. The average molecular weight is 272 g/mol. The quantitative estimate of drug-likeness (QED) is 0.775. The van der Waals surface area contributed by atoms with E-state index in [0.717, 1.165) is 18.5 Å². The van der Waals surface area contributed by atoms with Crippen LogP contribution >= 0.6 is 11.3 Å². The van der Waals surface area contributed by atoms with Crippen LogP contribution in [0.1, 0.15) is 5.01 Å². The molecule has 3 aromatic rings. The Labute approximate surface area is 116 Å². The van der Waals surface area contributed by atoms with Gasteiger partial charge in [-0.15, -0.1) is 11.3 Å². The molecule has 0 fully saturated rings. The van der Waals surface area contributed by atoms with E-state index in [0.29, 0.717) is 6.04 Å². The molecule has 3 rings (SSSR count). The van der Waals surface area contributed by atoms with Gasteiger partial charge in [0.1, 0.15) is 0 Å². The minimum atomic E-state index is 0.365. The van der Waals surface area contributed by atoms with E-state index < -0.39 is 0 Å². The summed E-state index contributed by atoms with van der Waals surface area (Å²) in [4.78, 5) is 8.77. The summed E-state index contributed by atoms with van der Waals surface area (Å²) in [5.74, 6) is 0. The van der Waals surface area contributed by atoms with Crippen LogP contribution in [0.4, 0.5) is 0 Å². The van der Waals surface area contributed by atoms with Gasteiger partial charge in [-0.1, -0.05) is 12.1 Å². The van der Waals surface area contributed by atoms with Crippen molar-refractivity contribution in [1.82, 2.24) is 19.9 Å². The van der Waals surface area contributed by atoms with Gasteiger partial charge in [-0.25, -0.2) is 9.97 Å². The van der Waals surface area contributed by atoms with Gasteiger partial charge in [-0.3, -0.25) is 0 Å². The van der Waals surface area contributed by atoms with Crippen LogP contribution in [-0.4, -0.2) is 27.6 Å². The van der Waals surface area contributed by atoms with Crippen molar-refractivity contribution < 1.29 is 0 Å². The summed E-state index contributed by atoms with van der Waals surface area (Å²) in [6.45, 7) is 0.899. The number of hydrogen-bond acceptors (Lipinski definition) is 4. The summed E-state index contributed by atoms with van der Waals surface area (Å²) in [5, 5.41) is 6.55. The number of hydrogen-bond donors (Lipinski definition) is 1. The Morgan fingerprint density at radius 1 is 1.32 bits per heavy atom. The molecule has 0 saturated heterocycles. The van der Waals surface area contributed by atoms with E-state index in [2.05, 4.69) is 32.0 Å². The van der Waals surface area contributed by atoms with E-state index in [1.807, 2.05) is 37.1 Å². The molecule has 0 aliphatic carbocycles. The number of thiazole rings is 1. The van der Waals surface area contributed by atoms with Crippen LogP contribution in [0.3, 0.4) is 0 Å². The Kier molecular flexibility index (Phi) is 3.57. The van der Waals surface area contributed by atoms with E-state index in [1.54, 1.807) is 11.3 Å². The lowest BCUT2D eigenvalue weighted by molar-refractivity contribution is 0.484. The Morgan fingerprint density at radius 2 is 2.21 bits per heavy atom. The smallest absolute Gasteiger partial charge is 0.0958 e. The van der Waals surface area contributed by atoms with Crippen molar-refractivity contribution in [1.29, 1.82) is 0 Å². The fraction of sp³-hybridized carbons (Fsp3) is 0.286. The highest BCUT2D eigenvalue weighted by atomic mass is 32.1. The van der Waals surface area contributed by atoms with E-state index >= 15 is 0 Å². The molecule has 19 heavy (non-hydrogen) atoms. The summed E-state index contributed by atoms with van der Waals surface area (Å²) in [6, 6.07) is 8.59. The predicted molar refractivity (Wildman–Crippen MR) is 78.4 cm³/mol. The third-order valence-electron chi connectivity index (χ3n) is 3.26. The number of para-hydroxylation sites is 2. The Bertz CT molecular complexity index is 644. The van der Waals surface area contributed by atoms with Crippen molar-refractivity contribution in [3.8, 4) is 0 Å².